The van der Waals surface area contributed by atoms with Crippen molar-refractivity contribution in [2.45, 2.75) is 26.2 Å². The van der Waals surface area contributed by atoms with Crippen LogP contribution in [-0.4, -0.2) is 29.7 Å². The van der Waals surface area contributed by atoms with Crippen molar-refractivity contribution in [3.05, 3.63) is 71.3 Å². The van der Waals surface area contributed by atoms with E-state index in [4.69, 9.17) is 0 Å². The molecule has 0 N–H and O–H groups in total. The molecule has 0 radical (unpaired) electrons. The molecule has 1 amide bonds. The fourth-order valence-electron chi connectivity index (χ4n) is 3.23. The Bertz CT molecular complexity index is 698. The lowest BCUT2D eigenvalue weighted by Gasteiger charge is -2.31. The Morgan fingerprint density at radius 3 is 2.21 bits per heavy atom. The molecule has 0 aliphatic carbocycles. The minimum Gasteiger partial charge on any atom is -0.342 e. The Morgan fingerprint density at radius 2 is 1.58 bits per heavy atom. The molecule has 2 aromatic carbocycles. The molecular weight excluding hydrogens is 298 g/mol. The molecule has 0 unspecified atom stereocenters. The van der Waals surface area contributed by atoms with Gasteiger partial charge in [0, 0.05) is 24.6 Å². The molecule has 2 aromatic rings. The third kappa shape index (κ3) is 3.91. The van der Waals surface area contributed by atoms with Crippen molar-refractivity contribution in [3.63, 3.8) is 0 Å². The molecule has 0 bridgehead atoms. The van der Waals surface area contributed by atoms with Crippen molar-refractivity contribution in [2.24, 2.45) is 5.92 Å². The lowest BCUT2D eigenvalue weighted by Crippen LogP contribution is -2.41. The number of piperidine rings is 1. The van der Waals surface area contributed by atoms with Gasteiger partial charge in [0.25, 0.3) is 0 Å². The van der Waals surface area contributed by atoms with Gasteiger partial charge in [-0.2, -0.15) is 0 Å². The van der Waals surface area contributed by atoms with Gasteiger partial charge < -0.3 is 4.90 Å². The lowest BCUT2D eigenvalue weighted by molar-refractivity contribution is -0.131. The van der Waals surface area contributed by atoms with Crippen LogP contribution in [0.2, 0.25) is 0 Å². The van der Waals surface area contributed by atoms with Crippen LogP contribution < -0.4 is 0 Å². The standard InChI is InChI=1S/C21H23NO2/c1-16-7-9-18(10-8-16)21(24)19-11-13-22(14-12-19)20(23)15-17-5-3-2-4-6-17/h2-10,19H,11-15H2,1H3. The van der Waals surface area contributed by atoms with Gasteiger partial charge in [-0.25, -0.2) is 0 Å². The van der Waals surface area contributed by atoms with Crippen LogP contribution in [0, 0.1) is 12.8 Å². The molecule has 0 saturated carbocycles. The molecule has 3 heteroatoms. The van der Waals surface area contributed by atoms with Crippen LogP contribution in [-0.2, 0) is 11.2 Å². The Kier molecular flexibility index (Phi) is 5.09. The fourth-order valence-corrected chi connectivity index (χ4v) is 3.23. The van der Waals surface area contributed by atoms with Crippen molar-refractivity contribution < 1.29 is 9.59 Å². The number of benzene rings is 2. The van der Waals surface area contributed by atoms with E-state index in [1.54, 1.807) is 0 Å². The summed E-state index contributed by atoms with van der Waals surface area (Å²) in [6, 6.07) is 17.6. The molecule has 24 heavy (non-hydrogen) atoms. The second kappa shape index (κ2) is 7.43. The van der Waals surface area contributed by atoms with Crippen LogP contribution in [0.15, 0.2) is 54.6 Å². The van der Waals surface area contributed by atoms with Crippen LogP contribution in [0.5, 0.6) is 0 Å². The number of likely N-dealkylation sites (tertiary alicyclic amines) is 1. The number of ketones is 1. The predicted octanol–water partition coefficient (Wildman–Crippen LogP) is 3.66. The van der Waals surface area contributed by atoms with Gasteiger partial charge in [0.05, 0.1) is 6.42 Å². The number of amides is 1. The number of hydrogen-bond acceptors (Lipinski definition) is 2. The van der Waals surface area contributed by atoms with Gasteiger partial charge in [-0.1, -0.05) is 60.2 Å². The summed E-state index contributed by atoms with van der Waals surface area (Å²) in [5.41, 5.74) is 2.99. The van der Waals surface area contributed by atoms with Gasteiger partial charge in [0.2, 0.25) is 5.91 Å². The first-order valence-corrected chi connectivity index (χ1v) is 8.56. The van der Waals surface area contributed by atoms with E-state index in [9.17, 15) is 9.59 Å². The first kappa shape index (κ1) is 16.4. The number of carbonyl (C=O) groups excluding carboxylic acids is 2. The number of aryl methyl sites for hydroxylation is 1. The van der Waals surface area contributed by atoms with E-state index in [0.29, 0.717) is 19.5 Å². The Balaban J connectivity index is 1.54. The van der Waals surface area contributed by atoms with Gasteiger partial charge in [0.15, 0.2) is 5.78 Å². The SMILES string of the molecule is Cc1ccc(C(=O)C2CCN(C(=O)Cc3ccccc3)CC2)cc1. The zero-order valence-corrected chi connectivity index (χ0v) is 14.1. The first-order valence-electron chi connectivity index (χ1n) is 8.56. The summed E-state index contributed by atoms with van der Waals surface area (Å²) in [4.78, 5) is 26.9. The van der Waals surface area contributed by atoms with E-state index in [0.717, 1.165) is 29.5 Å². The average Bonchev–Trinajstić information content (AvgIpc) is 2.63. The van der Waals surface area contributed by atoms with E-state index < -0.39 is 0 Å². The van der Waals surface area contributed by atoms with E-state index in [2.05, 4.69) is 0 Å². The second-order valence-electron chi connectivity index (χ2n) is 6.55. The third-order valence-electron chi connectivity index (χ3n) is 4.75. The van der Waals surface area contributed by atoms with E-state index >= 15 is 0 Å². The van der Waals surface area contributed by atoms with Crippen molar-refractivity contribution >= 4 is 11.7 Å². The summed E-state index contributed by atoms with van der Waals surface area (Å²) in [7, 11) is 0. The maximum absolute atomic E-state index is 12.6. The highest BCUT2D eigenvalue weighted by molar-refractivity contribution is 5.98. The van der Waals surface area contributed by atoms with Crippen molar-refractivity contribution in [1.82, 2.24) is 4.90 Å². The van der Waals surface area contributed by atoms with Crippen LogP contribution in [0.25, 0.3) is 0 Å². The highest BCUT2D eigenvalue weighted by atomic mass is 16.2. The van der Waals surface area contributed by atoms with E-state index in [1.807, 2.05) is 66.4 Å². The Labute approximate surface area is 143 Å². The molecule has 1 fully saturated rings. The van der Waals surface area contributed by atoms with Crippen LogP contribution >= 0.6 is 0 Å². The topological polar surface area (TPSA) is 37.4 Å². The zero-order chi connectivity index (χ0) is 16.9. The van der Waals surface area contributed by atoms with Gasteiger partial charge in [0.1, 0.15) is 0 Å². The highest BCUT2D eigenvalue weighted by Gasteiger charge is 2.27. The summed E-state index contributed by atoms with van der Waals surface area (Å²) in [6.07, 6.45) is 1.96. The van der Waals surface area contributed by atoms with Gasteiger partial charge in [-0.15, -0.1) is 0 Å². The largest absolute Gasteiger partial charge is 0.342 e. The fraction of sp³-hybridized carbons (Fsp3) is 0.333. The van der Waals surface area contributed by atoms with E-state index in [1.165, 1.54) is 0 Å². The minimum atomic E-state index is 0.0356. The average molecular weight is 321 g/mol. The minimum absolute atomic E-state index is 0.0356. The van der Waals surface area contributed by atoms with Crippen molar-refractivity contribution in [3.8, 4) is 0 Å². The monoisotopic (exact) mass is 321 g/mol. The summed E-state index contributed by atoms with van der Waals surface area (Å²) in [5.74, 6) is 0.404. The van der Waals surface area contributed by atoms with E-state index in [-0.39, 0.29) is 17.6 Å². The normalized spacial score (nSPS) is 15.3. The number of Topliss-reactive ketones (excluding diaryl/α,β-unsaturated/α-hetero) is 1. The molecule has 3 rings (SSSR count). The maximum Gasteiger partial charge on any atom is 0.226 e. The van der Waals surface area contributed by atoms with Gasteiger partial charge in [-0.05, 0) is 25.3 Å². The smallest absolute Gasteiger partial charge is 0.226 e. The molecule has 1 heterocycles. The number of rotatable bonds is 4. The summed E-state index contributed by atoms with van der Waals surface area (Å²) >= 11 is 0. The summed E-state index contributed by atoms with van der Waals surface area (Å²) in [6.45, 7) is 3.37. The molecular formula is C21H23NO2. The molecule has 0 spiro atoms. The number of carbonyl (C=O) groups is 2. The highest BCUT2D eigenvalue weighted by Crippen LogP contribution is 2.22. The Morgan fingerprint density at radius 1 is 0.958 bits per heavy atom. The quantitative estimate of drug-likeness (QED) is 0.806. The molecule has 3 nitrogen and oxygen atoms in total. The maximum atomic E-state index is 12.6. The second-order valence-corrected chi connectivity index (χ2v) is 6.55. The Hall–Kier alpha value is -2.42. The summed E-state index contributed by atoms with van der Waals surface area (Å²) in [5, 5.41) is 0. The third-order valence-corrected chi connectivity index (χ3v) is 4.75. The van der Waals surface area contributed by atoms with Crippen LogP contribution in [0.4, 0.5) is 0 Å². The molecule has 0 aromatic heterocycles. The van der Waals surface area contributed by atoms with Crippen molar-refractivity contribution in [2.75, 3.05) is 13.1 Å². The van der Waals surface area contributed by atoms with Gasteiger partial charge >= 0.3 is 0 Å². The first-order chi connectivity index (χ1) is 11.6. The van der Waals surface area contributed by atoms with Gasteiger partial charge in [-0.3, -0.25) is 9.59 Å². The van der Waals surface area contributed by atoms with Crippen LogP contribution in [0.3, 0.4) is 0 Å². The molecule has 1 saturated heterocycles. The lowest BCUT2D eigenvalue weighted by atomic mass is 9.88. The molecule has 0 atom stereocenters. The van der Waals surface area contributed by atoms with Crippen molar-refractivity contribution in [1.29, 1.82) is 0 Å². The molecule has 1 aliphatic heterocycles. The molecule has 124 valence electrons. The predicted molar refractivity (Wildman–Crippen MR) is 95.0 cm³/mol. The molecule has 1 aliphatic rings. The summed E-state index contributed by atoms with van der Waals surface area (Å²) < 4.78 is 0. The van der Waals surface area contributed by atoms with Crippen LogP contribution in [0.1, 0.15) is 34.3 Å². The number of hydrogen-bond donors (Lipinski definition) is 0. The zero-order valence-electron chi connectivity index (χ0n) is 14.1. The number of nitrogens with zero attached hydrogens (tertiary/aromatic N) is 1.